The first-order valence-corrected chi connectivity index (χ1v) is 15.6. The quantitative estimate of drug-likeness (QED) is 0.256. The van der Waals surface area contributed by atoms with Crippen LogP contribution >= 0.6 is 11.6 Å². The van der Waals surface area contributed by atoms with Crippen LogP contribution in [0.2, 0.25) is 5.02 Å². The summed E-state index contributed by atoms with van der Waals surface area (Å²) in [5.41, 5.74) is 11.4. The van der Waals surface area contributed by atoms with Crippen LogP contribution in [-0.2, 0) is 6.54 Å². The van der Waals surface area contributed by atoms with Crippen LogP contribution in [0.3, 0.4) is 0 Å². The number of hydrogen-bond acceptors (Lipinski definition) is 7. The molecule has 0 amide bonds. The van der Waals surface area contributed by atoms with Crippen LogP contribution in [0.1, 0.15) is 43.7 Å². The lowest BCUT2D eigenvalue weighted by Gasteiger charge is -2.41. The normalized spacial score (nSPS) is 20.1. The van der Waals surface area contributed by atoms with E-state index in [-0.39, 0.29) is 6.04 Å². The highest BCUT2D eigenvalue weighted by Gasteiger charge is 2.31. The Morgan fingerprint density at radius 1 is 0.953 bits per heavy atom. The number of nitrogens with two attached hydrogens (primary N) is 1. The second-order valence-corrected chi connectivity index (χ2v) is 12.2. The average Bonchev–Trinajstić information content (AvgIpc) is 3.63. The van der Waals surface area contributed by atoms with Gasteiger partial charge in [0.05, 0.1) is 17.5 Å². The highest BCUT2D eigenvalue weighted by atomic mass is 35.5. The molecule has 43 heavy (non-hydrogen) atoms. The number of halogens is 1. The molecule has 0 bridgehead atoms. The smallest absolute Gasteiger partial charge is 0.164 e. The summed E-state index contributed by atoms with van der Waals surface area (Å²) in [6, 6.07) is 19.7. The van der Waals surface area contributed by atoms with Crippen LogP contribution in [0, 0.1) is 11.3 Å². The lowest BCUT2D eigenvalue weighted by atomic mass is 9.90. The molecule has 10 heteroatoms. The number of benzene rings is 2. The Bertz CT molecular complexity index is 1790. The number of piperazine rings is 1. The third-order valence-electron chi connectivity index (χ3n) is 9.34. The molecule has 0 radical (unpaired) electrons. The Morgan fingerprint density at radius 2 is 1.74 bits per heavy atom. The summed E-state index contributed by atoms with van der Waals surface area (Å²) in [6.45, 7) is 5.87. The molecule has 220 valence electrons. The Hall–Kier alpha value is -3.97. The van der Waals surface area contributed by atoms with Crippen molar-refractivity contribution in [2.24, 2.45) is 0 Å². The predicted octanol–water partition coefficient (Wildman–Crippen LogP) is 5.75. The highest BCUT2D eigenvalue weighted by molar-refractivity contribution is 6.31. The minimum atomic E-state index is 0.277. The molecule has 1 aliphatic carbocycles. The SMILES string of the molecule is N#CCCN1CCN(C2CCC(n3nc(-c4ccc5c(ccn5Cc5ccccc5Cl)c4)c4c(N)ncnc43)CC2)CC1. The molecular formula is C33H36ClN9. The fourth-order valence-electron chi connectivity index (χ4n) is 6.98. The van der Waals surface area contributed by atoms with Crippen LogP contribution < -0.4 is 5.73 Å². The van der Waals surface area contributed by atoms with Crippen LogP contribution in [-0.4, -0.2) is 72.9 Å². The van der Waals surface area contributed by atoms with Gasteiger partial charge in [0.25, 0.3) is 0 Å². The molecule has 1 saturated heterocycles. The minimum Gasteiger partial charge on any atom is -0.383 e. The molecule has 0 unspecified atom stereocenters. The monoisotopic (exact) mass is 593 g/mol. The van der Waals surface area contributed by atoms with E-state index in [2.05, 4.69) is 71.6 Å². The van der Waals surface area contributed by atoms with Gasteiger partial charge in [0.2, 0.25) is 0 Å². The van der Waals surface area contributed by atoms with Crippen molar-refractivity contribution in [3.05, 3.63) is 71.6 Å². The van der Waals surface area contributed by atoms with Gasteiger partial charge in [-0.3, -0.25) is 9.80 Å². The van der Waals surface area contributed by atoms with Crippen molar-refractivity contribution in [1.29, 1.82) is 5.26 Å². The zero-order valence-corrected chi connectivity index (χ0v) is 25.0. The zero-order valence-electron chi connectivity index (χ0n) is 24.2. The number of hydrogen-bond donors (Lipinski definition) is 1. The second-order valence-electron chi connectivity index (χ2n) is 11.8. The number of nitriles is 1. The first kappa shape index (κ1) is 27.8. The molecular weight excluding hydrogens is 558 g/mol. The molecule has 2 aliphatic rings. The van der Waals surface area contributed by atoms with E-state index in [1.165, 1.54) is 0 Å². The summed E-state index contributed by atoms with van der Waals surface area (Å²) >= 11 is 6.44. The van der Waals surface area contributed by atoms with Crippen molar-refractivity contribution in [1.82, 2.24) is 34.1 Å². The second kappa shape index (κ2) is 12.0. The fraction of sp³-hybridized carbons (Fsp3) is 0.394. The molecule has 5 aromatic rings. The van der Waals surface area contributed by atoms with Crippen LogP contribution in [0.5, 0.6) is 0 Å². The van der Waals surface area contributed by atoms with Crippen LogP contribution in [0.15, 0.2) is 61.1 Å². The Balaban J connectivity index is 1.11. The molecule has 2 aromatic carbocycles. The van der Waals surface area contributed by atoms with Gasteiger partial charge in [-0.1, -0.05) is 35.9 Å². The number of fused-ring (bicyclic) bond motifs is 2. The van der Waals surface area contributed by atoms with Gasteiger partial charge in [-0.2, -0.15) is 10.4 Å². The largest absolute Gasteiger partial charge is 0.383 e. The van der Waals surface area contributed by atoms with E-state index in [1.807, 2.05) is 18.2 Å². The van der Waals surface area contributed by atoms with Crippen molar-refractivity contribution in [2.45, 2.75) is 50.7 Å². The molecule has 9 nitrogen and oxygen atoms in total. The first-order chi connectivity index (χ1) is 21.1. The molecule has 3 aromatic heterocycles. The van der Waals surface area contributed by atoms with Crippen molar-refractivity contribution < 1.29 is 0 Å². The third-order valence-corrected chi connectivity index (χ3v) is 9.71. The number of rotatable bonds is 7. The first-order valence-electron chi connectivity index (χ1n) is 15.2. The van der Waals surface area contributed by atoms with E-state index in [9.17, 15) is 0 Å². The highest BCUT2D eigenvalue weighted by Crippen LogP contribution is 2.38. The Labute approximate surface area is 256 Å². The van der Waals surface area contributed by atoms with E-state index < -0.39 is 0 Å². The van der Waals surface area contributed by atoms with E-state index >= 15 is 0 Å². The number of nitrogens with zero attached hydrogens (tertiary/aromatic N) is 8. The van der Waals surface area contributed by atoms with E-state index in [1.54, 1.807) is 6.33 Å². The van der Waals surface area contributed by atoms with Crippen molar-refractivity contribution in [3.63, 3.8) is 0 Å². The molecule has 0 spiro atoms. The molecule has 1 aliphatic heterocycles. The summed E-state index contributed by atoms with van der Waals surface area (Å²) in [5, 5.41) is 16.8. The van der Waals surface area contributed by atoms with Gasteiger partial charge >= 0.3 is 0 Å². The molecule has 2 fully saturated rings. The van der Waals surface area contributed by atoms with Gasteiger partial charge in [0.15, 0.2) is 5.65 Å². The van der Waals surface area contributed by atoms with Gasteiger partial charge in [-0.15, -0.1) is 0 Å². The van der Waals surface area contributed by atoms with Gasteiger partial charge in [0, 0.05) is 79.4 Å². The van der Waals surface area contributed by atoms with E-state index in [0.29, 0.717) is 24.8 Å². The summed E-state index contributed by atoms with van der Waals surface area (Å²) in [5.74, 6) is 0.464. The third kappa shape index (κ3) is 5.47. The number of nitrogen functional groups attached to an aromatic ring is 1. The lowest BCUT2D eigenvalue weighted by Crippen LogP contribution is -2.51. The standard InChI is InChI=1S/C33H36ClN9/c34-28-5-2-1-4-25(28)21-42-15-12-23-20-24(6-11-29(23)42)31-30-32(36)37-22-38-33(30)43(39-31)27-9-7-26(8-10-27)41-18-16-40(17-19-41)14-3-13-35/h1-2,4-6,11-12,15,20,22,26-27H,3,7-10,14,16-19,21H2,(H2,36,37,38). The predicted molar refractivity (Wildman–Crippen MR) is 171 cm³/mol. The van der Waals surface area contributed by atoms with Gasteiger partial charge < -0.3 is 10.3 Å². The maximum Gasteiger partial charge on any atom is 0.164 e. The molecule has 2 N–H and O–H groups in total. The summed E-state index contributed by atoms with van der Waals surface area (Å²) in [6.07, 6.45) is 8.68. The number of anilines is 1. The lowest BCUT2D eigenvalue weighted by molar-refractivity contribution is 0.0718. The summed E-state index contributed by atoms with van der Waals surface area (Å²) < 4.78 is 4.34. The molecule has 7 rings (SSSR count). The van der Waals surface area contributed by atoms with Crippen molar-refractivity contribution >= 4 is 39.4 Å². The fourth-order valence-corrected chi connectivity index (χ4v) is 7.17. The Kier molecular flexibility index (Phi) is 7.74. The van der Waals surface area contributed by atoms with Crippen LogP contribution in [0.4, 0.5) is 5.82 Å². The average molecular weight is 594 g/mol. The Morgan fingerprint density at radius 3 is 2.53 bits per heavy atom. The maximum atomic E-state index is 8.90. The summed E-state index contributed by atoms with van der Waals surface area (Å²) in [7, 11) is 0. The van der Waals surface area contributed by atoms with Crippen molar-refractivity contribution in [2.75, 3.05) is 38.5 Å². The maximum absolute atomic E-state index is 8.90. The van der Waals surface area contributed by atoms with Gasteiger partial charge in [-0.25, -0.2) is 14.6 Å². The van der Waals surface area contributed by atoms with E-state index in [4.69, 9.17) is 27.7 Å². The zero-order chi connectivity index (χ0) is 29.3. The van der Waals surface area contributed by atoms with Gasteiger partial charge in [-0.05, 0) is 55.5 Å². The minimum absolute atomic E-state index is 0.277. The van der Waals surface area contributed by atoms with E-state index in [0.717, 1.165) is 102 Å². The molecule has 1 saturated carbocycles. The molecule has 0 atom stereocenters. The van der Waals surface area contributed by atoms with Gasteiger partial charge in [0.1, 0.15) is 17.8 Å². The number of aromatic nitrogens is 5. The van der Waals surface area contributed by atoms with Crippen molar-refractivity contribution in [3.8, 4) is 17.3 Å². The van der Waals surface area contributed by atoms with Crippen LogP contribution in [0.25, 0.3) is 33.2 Å². The topological polar surface area (TPSA) is 105 Å². The summed E-state index contributed by atoms with van der Waals surface area (Å²) in [4.78, 5) is 14.1. The molecule has 4 heterocycles.